The van der Waals surface area contributed by atoms with E-state index >= 15 is 0 Å². The highest BCUT2D eigenvalue weighted by Gasteiger charge is 2.13. The third kappa shape index (κ3) is 3.09. The van der Waals surface area contributed by atoms with Gasteiger partial charge in [-0.1, -0.05) is 11.6 Å². The van der Waals surface area contributed by atoms with Crippen LogP contribution in [-0.2, 0) is 4.74 Å². The molecule has 1 unspecified atom stereocenters. The molecule has 2 rings (SSSR count). The van der Waals surface area contributed by atoms with E-state index in [1.807, 2.05) is 0 Å². The molecule has 1 heterocycles. The topological polar surface area (TPSA) is 21.3 Å². The molecule has 1 aliphatic rings. The summed E-state index contributed by atoms with van der Waals surface area (Å²) in [5.41, 5.74) is 0.635. The average Bonchev–Trinajstić information content (AvgIpc) is 2.32. The largest absolute Gasteiger partial charge is 0.381 e. The van der Waals surface area contributed by atoms with Gasteiger partial charge in [0.05, 0.1) is 16.8 Å². The first-order chi connectivity index (χ1) is 7.75. The van der Waals surface area contributed by atoms with Gasteiger partial charge < -0.3 is 10.1 Å². The van der Waals surface area contributed by atoms with Gasteiger partial charge in [-0.3, -0.25) is 0 Å². The molecule has 1 aromatic carbocycles. The van der Waals surface area contributed by atoms with Crippen molar-refractivity contribution in [3.63, 3.8) is 0 Å². The van der Waals surface area contributed by atoms with Gasteiger partial charge in [0, 0.05) is 13.2 Å². The highest BCUT2D eigenvalue weighted by Crippen LogP contribution is 2.23. The molecule has 2 nitrogen and oxygen atoms in total. The Morgan fingerprint density at radius 2 is 2.31 bits per heavy atom. The van der Waals surface area contributed by atoms with Crippen LogP contribution in [0, 0.1) is 5.82 Å². The second-order valence-electron chi connectivity index (χ2n) is 3.99. The molecule has 1 saturated heterocycles. The van der Waals surface area contributed by atoms with Gasteiger partial charge in [-0.25, -0.2) is 4.39 Å². The number of benzene rings is 1. The maximum atomic E-state index is 13.0. The highest BCUT2D eigenvalue weighted by molar-refractivity contribution is 6.33. The van der Waals surface area contributed by atoms with Crippen LogP contribution >= 0.6 is 11.6 Å². The van der Waals surface area contributed by atoms with Crippen LogP contribution < -0.4 is 5.32 Å². The van der Waals surface area contributed by atoms with Crippen molar-refractivity contribution in [1.82, 2.24) is 0 Å². The number of hydrogen-bond donors (Lipinski definition) is 1. The van der Waals surface area contributed by atoms with Gasteiger partial charge in [0.1, 0.15) is 5.82 Å². The summed E-state index contributed by atoms with van der Waals surface area (Å²) >= 11 is 5.94. The Labute approximate surface area is 99.7 Å². The summed E-state index contributed by atoms with van der Waals surface area (Å²) in [4.78, 5) is 0. The van der Waals surface area contributed by atoms with E-state index in [4.69, 9.17) is 16.3 Å². The molecule has 0 aliphatic carbocycles. The second-order valence-corrected chi connectivity index (χ2v) is 4.40. The number of rotatable bonds is 3. The van der Waals surface area contributed by atoms with E-state index in [1.54, 1.807) is 6.07 Å². The van der Waals surface area contributed by atoms with Crippen LogP contribution in [0.1, 0.15) is 19.3 Å². The third-order valence-corrected chi connectivity index (χ3v) is 3.05. The van der Waals surface area contributed by atoms with E-state index in [0.717, 1.165) is 19.4 Å². The second kappa shape index (κ2) is 5.51. The van der Waals surface area contributed by atoms with E-state index in [2.05, 4.69) is 5.32 Å². The van der Waals surface area contributed by atoms with Crippen molar-refractivity contribution in [3.8, 4) is 0 Å². The summed E-state index contributed by atoms with van der Waals surface area (Å²) in [5.74, 6) is -0.281. The van der Waals surface area contributed by atoms with Gasteiger partial charge in [0.25, 0.3) is 0 Å². The Kier molecular flexibility index (Phi) is 4.02. The zero-order chi connectivity index (χ0) is 11.4. The Bertz CT molecular complexity index is 353. The van der Waals surface area contributed by atoms with Gasteiger partial charge in [0.2, 0.25) is 0 Å². The maximum absolute atomic E-state index is 13.0. The summed E-state index contributed by atoms with van der Waals surface area (Å²) in [7, 11) is 0. The van der Waals surface area contributed by atoms with E-state index in [-0.39, 0.29) is 11.9 Å². The minimum atomic E-state index is -0.281. The fourth-order valence-electron chi connectivity index (χ4n) is 1.83. The van der Waals surface area contributed by atoms with E-state index < -0.39 is 0 Å². The molecule has 1 aliphatic heterocycles. The normalized spacial score (nSPS) is 20.8. The zero-order valence-electron chi connectivity index (χ0n) is 9.01. The van der Waals surface area contributed by atoms with Crippen LogP contribution in [0.3, 0.4) is 0 Å². The number of nitrogens with one attached hydrogen (secondary N) is 1. The van der Waals surface area contributed by atoms with E-state index in [0.29, 0.717) is 17.3 Å². The average molecular weight is 244 g/mol. The molecule has 16 heavy (non-hydrogen) atoms. The van der Waals surface area contributed by atoms with Crippen LogP contribution in [0.5, 0.6) is 0 Å². The summed E-state index contributed by atoms with van der Waals surface area (Å²) < 4.78 is 18.6. The summed E-state index contributed by atoms with van der Waals surface area (Å²) in [6.07, 6.45) is 3.61. The van der Waals surface area contributed by atoms with Crippen LogP contribution in [0.25, 0.3) is 0 Å². The molecule has 0 aromatic heterocycles. The number of ether oxygens (including phenoxy) is 1. The predicted molar refractivity (Wildman–Crippen MR) is 63.5 cm³/mol. The smallest absolute Gasteiger partial charge is 0.125 e. The van der Waals surface area contributed by atoms with Crippen molar-refractivity contribution in [2.24, 2.45) is 0 Å². The van der Waals surface area contributed by atoms with E-state index in [1.165, 1.54) is 18.6 Å². The van der Waals surface area contributed by atoms with Crippen molar-refractivity contribution >= 4 is 17.3 Å². The molecule has 88 valence electrons. The Hall–Kier alpha value is -0.800. The fraction of sp³-hybridized carbons (Fsp3) is 0.500. The minimum absolute atomic E-state index is 0.216. The molecule has 0 amide bonds. The van der Waals surface area contributed by atoms with Crippen molar-refractivity contribution in [2.75, 3.05) is 18.5 Å². The molecular formula is C12H15ClFNO. The Morgan fingerprint density at radius 1 is 1.44 bits per heavy atom. The minimum Gasteiger partial charge on any atom is -0.381 e. The molecule has 1 fully saturated rings. The zero-order valence-corrected chi connectivity index (χ0v) is 9.77. The lowest BCUT2D eigenvalue weighted by molar-refractivity contribution is 0.0247. The molecule has 1 atom stereocenters. The highest BCUT2D eigenvalue weighted by atomic mass is 35.5. The molecule has 0 bridgehead atoms. The Balaban J connectivity index is 1.90. The molecular weight excluding hydrogens is 229 g/mol. The van der Waals surface area contributed by atoms with Gasteiger partial charge >= 0.3 is 0 Å². The first-order valence-electron chi connectivity index (χ1n) is 5.56. The predicted octanol–water partition coefficient (Wildman–Crippen LogP) is 3.46. The lowest BCUT2D eigenvalue weighted by atomic mass is 10.1. The van der Waals surface area contributed by atoms with Gasteiger partial charge in [-0.15, -0.1) is 0 Å². The number of hydrogen-bond acceptors (Lipinski definition) is 2. The first-order valence-corrected chi connectivity index (χ1v) is 5.94. The molecule has 0 spiro atoms. The van der Waals surface area contributed by atoms with Crippen LogP contribution in [-0.4, -0.2) is 19.3 Å². The van der Waals surface area contributed by atoms with Crippen LogP contribution in [0.4, 0.5) is 10.1 Å². The summed E-state index contributed by atoms with van der Waals surface area (Å²) in [5, 5.41) is 3.67. The van der Waals surface area contributed by atoms with Crippen LogP contribution in [0.2, 0.25) is 5.02 Å². The van der Waals surface area contributed by atoms with Gasteiger partial charge in [0.15, 0.2) is 0 Å². The quantitative estimate of drug-likeness (QED) is 0.878. The molecule has 1 aromatic rings. The van der Waals surface area contributed by atoms with Crippen LogP contribution in [0.15, 0.2) is 18.2 Å². The summed E-state index contributed by atoms with van der Waals surface area (Å²) in [6.45, 7) is 1.51. The maximum Gasteiger partial charge on any atom is 0.125 e. The lowest BCUT2D eigenvalue weighted by Gasteiger charge is -2.23. The first kappa shape index (κ1) is 11.7. The van der Waals surface area contributed by atoms with E-state index in [9.17, 15) is 4.39 Å². The van der Waals surface area contributed by atoms with Crippen molar-refractivity contribution in [1.29, 1.82) is 0 Å². The Morgan fingerprint density at radius 3 is 3.06 bits per heavy atom. The standard InChI is InChI=1S/C12H15ClFNO/c13-11-5-4-9(14)7-12(11)15-8-10-3-1-2-6-16-10/h4-5,7,10,15H,1-3,6,8H2. The third-order valence-electron chi connectivity index (χ3n) is 2.72. The summed E-state index contributed by atoms with van der Waals surface area (Å²) in [6, 6.07) is 4.32. The number of anilines is 1. The molecule has 0 saturated carbocycles. The molecule has 1 N–H and O–H groups in total. The fourth-order valence-corrected chi connectivity index (χ4v) is 2.01. The van der Waals surface area contributed by atoms with Gasteiger partial charge in [-0.05, 0) is 37.5 Å². The SMILES string of the molecule is Fc1ccc(Cl)c(NCC2CCCCO2)c1. The number of halogens is 2. The lowest BCUT2D eigenvalue weighted by Crippen LogP contribution is -2.27. The van der Waals surface area contributed by atoms with Gasteiger partial charge in [-0.2, -0.15) is 0 Å². The van der Waals surface area contributed by atoms with Crippen molar-refractivity contribution < 1.29 is 9.13 Å². The monoisotopic (exact) mass is 243 g/mol. The van der Waals surface area contributed by atoms with Crippen molar-refractivity contribution in [3.05, 3.63) is 29.0 Å². The molecule has 4 heteroatoms. The van der Waals surface area contributed by atoms with Crippen molar-refractivity contribution in [2.45, 2.75) is 25.4 Å². The molecule has 0 radical (unpaired) electrons.